The minimum Gasteiger partial charge on any atom is -0.316 e. The lowest BCUT2D eigenvalue weighted by Crippen LogP contribution is -2.23. The number of aryl methyl sites for hydroxylation is 2. The minimum atomic E-state index is 0.531. The van der Waals surface area contributed by atoms with Gasteiger partial charge in [-0.15, -0.1) is 0 Å². The molecule has 1 aromatic heterocycles. The predicted molar refractivity (Wildman–Crippen MR) is 91.6 cm³/mol. The van der Waals surface area contributed by atoms with Crippen LogP contribution in [0.4, 0.5) is 0 Å². The predicted octanol–water partition coefficient (Wildman–Crippen LogP) is 3.90. The quantitative estimate of drug-likeness (QED) is 0.732. The summed E-state index contributed by atoms with van der Waals surface area (Å²) in [6, 6.07) is 10.8. The summed E-state index contributed by atoms with van der Waals surface area (Å²) >= 11 is 3.58. The van der Waals surface area contributed by atoms with Crippen molar-refractivity contribution in [3.63, 3.8) is 0 Å². The standard InChI is InChI=1S/C17H24BrN3/c1-3-10-19-13-15(14-5-4-6-16(18)12-14)7-8-17-9-11-20-21(17)2/h4-6,9,11-12,15,19H,3,7-8,10,13H2,1-2H3. The monoisotopic (exact) mass is 349 g/mol. The Morgan fingerprint density at radius 1 is 1.33 bits per heavy atom. The van der Waals surface area contributed by atoms with Gasteiger partial charge in [-0.1, -0.05) is 35.0 Å². The Labute approximate surface area is 135 Å². The van der Waals surface area contributed by atoms with Crippen LogP contribution < -0.4 is 5.32 Å². The van der Waals surface area contributed by atoms with E-state index >= 15 is 0 Å². The van der Waals surface area contributed by atoms with Gasteiger partial charge in [0.05, 0.1) is 0 Å². The molecular formula is C17H24BrN3. The molecule has 114 valence electrons. The maximum Gasteiger partial charge on any atom is 0.0492 e. The molecule has 3 nitrogen and oxygen atoms in total. The zero-order chi connectivity index (χ0) is 15.1. The summed E-state index contributed by atoms with van der Waals surface area (Å²) in [4.78, 5) is 0. The van der Waals surface area contributed by atoms with Crippen molar-refractivity contribution < 1.29 is 0 Å². The average molecular weight is 350 g/mol. The topological polar surface area (TPSA) is 29.9 Å². The van der Waals surface area contributed by atoms with Crippen LogP contribution in [0.25, 0.3) is 0 Å². The zero-order valence-corrected chi connectivity index (χ0v) is 14.4. The van der Waals surface area contributed by atoms with E-state index in [1.165, 1.54) is 17.7 Å². The molecule has 0 saturated carbocycles. The second kappa shape index (κ2) is 8.35. The van der Waals surface area contributed by atoms with E-state index in [0.29, 0.717) is 5.92 Å². The second-order valence-corrected chi connectivity index (χ2v) is 6.36. The SMILES string of the molecule is CCCNCC(CCc1ccnn1C)c1cccc(Br)c1. The Morgan fingerprint density at radius 2 is 2.19 bits per heavy atom. The first-order chi connectivity index (χ1) is 10.2. The van der Waals surface area contributed by atoms with E-state index in [2.05, 4.69) is 63.6 Å². The number of benzene rings is 1. The van der Waals surface area contributed by atoms with Gasteiger partial charge in [-0.3, -0.25) is 4.68 Å². The third-order valence-electron chi connectivity index (χ3n) is 3.81. The summed E-state index contributed by atoms with van der Waals surface area (Å²) in [7, 11) is 2.01. The van der Waals surface area contributed by atoms with Gasteiger partial charge in [0, 0.05) is 30.0 Å². The van der Waals surface area contributed by atoms with Gasteiger partial charge in [0.2, 0.25) is 0 Å². The summed E-state index contributed by atoms with van der Waals surface area (Å²) in [5.41, 5.74) is 2.70. The third-order valence-corrected chi connectivity index (χ3v) is 4.30. The van der Waals surface area contributed by atoms with Gasteiger partial charge >= 0.3 is 0 Å². The van der Waals surface area contributed by atoms with Crippen molar-refractivity contribution in [2.24, 2.45) is 7.05 Å². The molecule has 0 fully saturated rings. The molecule has 1 atom stereocenters. The van der Waals surface area contributed by atoms with E-state index in [0.717, 1.165) is 30.4 Å². The lowest BCUT2D eigenvalue weighted by atomic mass is 9.93. The van der Waals surface area contributed by atoms with Crippen LogP contribution in [0.3, 0.4) is 0 Å². The number of halogens is 1. The lowest BCUT2D eigenvalue weighted by Gasteiger charge is -2.18. The number of rotatable bonds is 8. The fourth-order valence-electron chi connectivity index (χ4n) is 2.57. The Kier molecular flexibility index (Phi) is 6.46. The summed E-state index contributed by atoms with van der Waals surface area (Å²) in [6.07, 6.45) is 5.24. The van der Waals surface area contributed by atoms with Crippen molar-refractivity contribution in [2.75, 3.05) is 13.1 Å². The van der Waals surface area contributed by atoms with Crippen LogP contribution in [0.2, 0.25) is 0 Å². The zero-order valence-electron chi connectivity index (χ0n) is 12.8. The van der Waals surface area contributed by atoms with E-state index in [1.807, 2.05) is 17.9 Å². The van der Waals surface area contributed by atoms with Gasteiger partial charge in [0.1, 0.15) is 0 Å². The van der Waals surface area contributed by atoms with Gasteiger partial charge in [0.15, 0.2) is 0 Å². The molecular weight excluding hydrogens is 326 g/mol. The smallest absolute Gasteiger partial charge is 0.0492 e. The Hall–Kier alpha value is -1.13. The van der Waals surface area contributed by atoms with E-state index in [1.54, 1.807) is 0 Å². The van der Waals surface area contributed by atoms with Crippen LogP contribution in [-0.4, -0.2) is 22.9 Å². The number of nitrogens with zero attached hydrogens (tertiary/aromatic N) is 2. The van der Waals surface area contributed by atoms with Crippen molar-refractivity contribution >= 4 is 15.9 Å². The molecule has 1 heterocycles. The Balaban J connectivity index is 2.03. The molecule has 0 aliphatic carbocycles. The molecule has 4 heteroatoms. The first-order valence-corrected chi connectivity index (χ1v) is 8.43. The van der Waals surface area contributed by atoms with Crippen molar-refractivity contribution in [1.82, 2.24) is 15.1 Å². The molecule has 21 heavy (non-hydrogen) atoms. The molecule has 1 N–H and O–H groups in total. The Bertz CT molecular complexity index is 550. The van der Waals surface area contributed by atoms with Crippen LogP contribution >= 0.6 is 15.9 Å². The largest absolute Gasteiger partial charge is 0.316 e. The van der Waals surface area contributed by atoms with Crippen LogP contribution in [0, 0.1) is 0 Å². The molecule has 2 rings (SSSR count). The molecule has 0 spiro atoms. The lowest BCUT2D eigenvalue weighted by molar-refractivity contribution is 0.538. The van der Waals surface area contributed by atoms with E-state index in [-0.39, 0.29) is 0 Å². The fourth-order valence-corrected chi connectivity index (χ4v) is 2.99. The van der Waals surface area contributed by atoms with Crippen molar-refractivity contribution in [3.05, 3.63) is 52.3 Å². The van der Waals surface area contributed by atoms with Crippen molar-refractivity contribution in [1.29, 1.82) is 0 Å². The molecule has 0 bridgehead atoms. The highest BCUT2D eigenvalue weighted by Gasteiger charge is 2.13. The highest BCUT2D eigenvalue weighted by molar-refractivity contribution is 9.10. The van der Waals surface area contributed by atoms with Crippen molar-refractivity contribution in [3.8, 4) is 0 Å². The number of aromatic nitrogens is 2. The number of hydrogen-bond acceptors (Lipinski definition) is 2. The molecule has 0 saturated heterocycles. The average Bonchev–Trinajstić information content (AvgIpc) is 2.88. The van der Waals surface area contributed by atoms with Gasteiger partial charge in [0.25, 0.3) is 0 Å². The Morgan fingerprint density at radius 3 is 2.86 bits per heavy atom. The second-order valence-electron chi connectivity index (χ2n) is 5.44. The molecule has 0 amide bonds. The normalized spacial score (nSPS) is 12.5. The highest BCUT2D eigenvalue weighted by Crippen LogP contribution is 2.24. The number of hydrogen-bond donors (Lipinski definition) is 1. The maximum absolute atomic E-state index is 4.25. The first-order valence-electron chi connectivity index (χ1n) is 7.63. The molecule has 1 aromatic carbocycles. The van der Waals surface area contributed by atoms with Gasteiger partial charge in [-0.25, -0.2) is 0 Å². The van der Waals surface area contributed by atoms with Crippen LogP contribution in [-0.2, 0) is 13.5 Å². The first kappa shape index (κ1) is 16.2. The molecule has 0 aliphatic rings. The highest BCUT2D eigenvalue weighted by atomic mass is 79.9. The molecule has 1 unspecified atom stereocenters. The summed E-state index contributed by atoms with van der Waals surface area (Å²) < 4.78 is 3.12. The molecule has 2 aromatic rings. The number of nitrogens with one attached hydrogen (secondary N) is 1. The maximum atomic E-state index is 4.25. The minimum absolute atomic E-state index is 0.531. The van der Waals surface area contributed by atoms with Gasteiger partial charge in [-0.2, -0.15) is 5.10 Å². The van der Waals surface area contributed by atoms with E-state index < -0.39 is 0 Å². The van der Waals surface area contributed by atoms with E-state index in [4.69, 9.17) is 0 Å². The third kappa shape index (κ3) is 4.97. The summed E-state index contributed by atoms with van der Waals surface area (Å²) in [6.45, 7) is 4.31. The van der Waals surface area contributed by atoms with Gasteiger partial charge in [-0.05, 0) is 55.5 Å². The molecule has 0 aliphatic heterocycles. The van der Waals surface area contributed by atoms with Crippen LogP contribution in [0.15, 0.2) is 41.0 Å². The summed E-state index contributed by atoms with van der Waals surface area (Å²) in [5.74, 6) is 0.531. The van der Waals surface area contributed by atoms with E-state index in [9.17, 15) is 0 Å². The van der Waals surface area contributed by atoms with Crippen LogP contribution in [0.5, 0.6) is 0 Å². The van der Waals surface area contributed by atoms with Crippen molar-refractivity contribution in [2.45, 2.75) is 32.1 Å². The fraction of sp³-hybridized carbons (Fsp3) is 0.471. The van der Waals surface area contributed by atoms with Gasteiger partial charge < -0.3 is 5.32 Å². The molecule has 0 radical (unpaired) electrons. The summed E-state index contributed by atoms with van der Waals surface area (Å²) in [5, 5.41) is 7.81. The van der Waals surface area contributed by atoms with Crippen LogP contribution in [0.1, 0.15) is 36.9 Å².